The molecule has 0 N–H and O–H groups in total. The molecule has 0 bridgehead atoms. The summed E-state index contributed by atoms with van der Waals surface area (Å²) in [6.07, 6.45) is 0. The topological polar surface area (TPSA) is 21.7 Å². The van der Waals surface area contributed by atoms with E-state index in [4.69, 9.17) is 9.47 Å². The summed E-state index contributed by atoms with van der Waals surface area (Å²) in [5, 5.41) is 0. The molecule has 0 saturated heterocycles. The van der Waals surface area contributed by atoms with Crippen LogP contribution in [0.2, 0.25) is 0 Å². The Morgan fingerprint density at radius 1 is 0.277 bits per heavy atom. The predicted molar refractivity (Wildman–Crippen MR) is 261 cm³/mol. The number of hydrogen-bond acceptors (Lipinski definition) is 3. The van der Waals surface area contributed by atoms with E-state index in [2.05, 4.69) is 235 Å². The summed E-state index contributed by atoms with van der Waals surface area (Å²) in [5.41, 5.74) is 19.5. The number of benzene rings is 10. The highest BCUT2D eigenvalue weighted by Gasteiger charge is 2.53. The summed E-state index contributed by atoms with van der Waals surface area (Å²) in [5.74, 6) is 2.82. The van der Waals surface area contributed by atoms with Crippen molar-refractivity contribution in [2.24, 2.45) is 0 Å². The molecule has 3 aliphatic carbocycles. The molecule has 0 amide bonds. The van der Waals surface area contributed by atoms with Crippen molar-refractivity contribution < 1.29 is 9.47 Å². The second-order valence-corrected chi connectivity index (χ2v) is 17.5. The number of ether oxygens (including phenoxy) is 2. The normalized spacial score (nSPS) is 14.3. The average Bonchev–Trinajstić information content (AvgIpc) is 3.97. The third-order valence-electron chi connectivity index (χ3n) is 14.4. The molecule has 0 unspecified atom stereocenters. The molecule has 0 fully saturated rings. The lowest BCUT2D eigenvalue weighted by atomic mass is 9.68. The minimum Gasteiger partial charge on any atom is -0.449 e. The van der Waals surface area contributed by atoms with Crippen molar-refractivity contribution >= 4 is 17.1 Å². The van der Waals surface area contributed by atoms with Crippen LogP contribution in [-0.4, -0.2) is 0 Å². The van der Waals surface area contributed by atoms with E-state index in [1.165, 1.54) is 72.3 Å². The Balaban J connectivity index is 0.929. The van der Waals surface area contributed by atoms with Crippen LogP contribution in [-0.2, 0) is 10.8 Å². The highest BCUT2D eigenvalue weighted by molar-refractivity contribution is 5.98. The van der Waals surface area contributed by atoms with Gasteiger partial charge in [-0.25, -0.2) is 0 Å². The van der Waals surface area contributed by atoms with Crippen LogP contribution in [0.3, 0.4) is 0 Å². The molecule has 10 aromatic rings. The van der Waals surface area contributed by atoms with Crippen LogP contribution in [0.1, 0.15) is 44.5 Å². The van der Waals surface area contributed by atoms with Gasteiger partial charge in [0.2, 0.25) is 0 Å². The summed E-state index contributed by atoms with van der Waals surface area (Å²) in [6, 6.07) is 85.8. The first-order valence-electron chi connectivity index (χ1n) is 22.4. The smallest absolute Gasteiger partial charge is 0.178 e. The van der Waals surface area contributed by atoms with Crippen LogP contribution >= 0.6 is 0 Å². The van der Waals surface area contributed by atoms with Crippen molar-refractivity contribution in [1.29, 1.82) is 0 Å². The fraction of sp³-hybridized carbons (Fsp3) is 0.0323. The quantitative estimate of drug-likeness (QED) is 0.172. The van der Waals surface area contributed by atoms with Gasteiger partial charge in [-0.3, -0.25) is 0 Å². The van der Waals surface area contributed by atoms with Crippen LogP contribution in [0, 0.1) is 0 Å². The Bertz CT molecular complexity index is 3470. The lowest BCUT2D eigenvalue weighted by Crippen LogP contribution is -2.28. The maximum atomic E-state index is 7.21. The first kappa shape index (κ1) is 36.1. The van der Waals surface area contributed by atoms with Crippen molar-refractivity contribution in [3.63, 3.8) is 0 Å². The van der Waals surface area contributed by atoms with Gasteiger partial charge in [-0.15, -0.1) is 0 Å². The van der Waals surface area contributed by atoms with Gasteiger partial charge in [-0.05, 0) is 115 Å². The van der Waals surface area contributed by atoms with Crippen LogP contribution in [0.5, 0.6) is 23.0 Å². The Labute approximate surface area is 378 Å². The molecule has 304 valence electrons. The highest BCUT2D eigenvalue weighted by atomic mass is 16.6. The Kier molecular flexibility index (Phi) is 7.53. The molecule has 0 saturated carbocycles. The molecule has 0 atom stereocenters. The first-order chi connectivity index (χ1) is 32.2. The highest BCUT2D eigenvalue weighted by Crippen LogP contribution is 2.66. The molecular formula is C62H39NO2. The van der Waals surface area contributed by atoms with Gasteiger partial charge < -0.3 is 14.4 Å². The maximum absolute atomic E-state index is 7.21. The lowest BCUT2D eigenvalue weighted by molar-refractivity contribution is 0.360. The molecule has 14 rings (SSSR count). The molecule has 1 spiro atoms. The van der Waals surface area contributed by atoms with E-state index >= 15 is 0 Å². The van der Waals surface area contributed by atoms with E-state index in [9.17, 15) is 0 Å². The van der Waals surface area contributed by atoms with Crippen LogP contribution in [0.15, 0.2) is 237 Å². The number of anilines is 3. The Morgan fingerprint density at radius 2 is 0.723 bits per heavy atom. The van der Waals surface area contributed by atoms with Crippen LogP contribution in [0.25, 0.3) is 33.4 Å². The van der Waals surface area contributed by atoms with Crippen molar-refractivity contribution in [3.05, 3.63) is 281 Å². The van der Waals surface area contributed by atoms with Gasteiger partial charge in [0.05, 0.1) is 16.5 Å². The third-order valence-corrected chi connectivity index (χ3v) is 14.4. The molecule has 3 nitrogen and oxygen atoms in total. The van der Waals surface area contributed by atoms with Gasteiger partial charge in [0, 0.05) is 23.0 Å². The largest absolute Gasteiger partial charge is 0.449 e. The Morgan fingerprint density at radius 3 is 1.35 bits per heavy atom. The predicted octanol–water partition coefficient (Wildman–Crippen LogP) is 15.8. The van der Waals surface area contributed by atoms with E-state index in [1.807, 2.05) is 6.07 Å². The standard InChI is InChI=1S/C62H39NO2/c1-4-18-40(19-5-1)61(41-20-6-2-7-21-41)50-28-14-12-26-47(50)49-38-43(32-34-54(49)61)63(42-22-8-3-9-23-42)44-33-36-56-58(39-44)65-60-57(64-56)37-35-55-59(60)48-27-13-17-31-53(48)62(55)51-29-15-10-24-45(51)46-25-11-16-30-52(46)62/h1-39H. The summed E-state index contributed by atoms with van der Waals surface area (Å²) in [6.45, 7) is 0. The van der Waals surface area contributed by atoms with Gasteiger partial charge in [0.25, 0.3) is 0 Å². The summed E-state index contributed by atoms with van der Waals surface area (Å²) in [7, 11) is 0. The summed E-state index contributed by atoms with van der Waals surface area (Å²) >= 11 is 0. The number of fused-ring (bicyclic) bond motifs is 16. The van der Waals surface area contributed by atoms with Gasteiger partial charge in [-0.2, -0.15) is 0 Å². The van der Waals surface area contributed by atoms with E-state index in [0.717, 1.165) is 28.4 Å². The SMILES string of the molecule is c1ccc(N(c2ccc3c(c2)Oc2c(ccc4c2-c2ccccc2C42c4ccccc4-c4ccccc42)O3)c2ccc3c(c2)-c2ccccc2C3(c2ccccc2)c2ccccc2)cc1. The minimum absolute atomic E-state index is 0.477. The van der Waals surface area contributed by atoms with E-state index < -0.39 is 10.8 Å². The van der Waals surface area contributed by atoms with Gasteiger partial charge in [-0.1, -0.05) is 188 Å². The molecule has 10 aromatic carbocycles. The van der Waals surface area contributed by atoms with Crippen molar-refractivity contribution in [2.45, 2.75) is 10.8 Å². The molecule has 0 radical (unpaired) electrons. The van der Waals surface area contributed by atoms with Crippen LogP contribution in [0.4, 0.5) is 17.1 Å². The van der Waals surface area contributed by atoms with Crippen LogP contribution < -0.4 is 14.4 Å². The van der Waals surface area contributed by atoms with Crippen molar-refractivity contribution in [2.75, 3.05) is 4.90 Å². The second kappa shape index (κ2) is 13.6. The maximum Gasteiger partial charge on any atom is 0.178 e. The van der Waals surface area contributed by atoms with E-state index in [1.54, 1.807) is 0 Å². The summed E-state index contributed by atoms with van der Waals surface area (Å²) < 4.78 is 14.0. The molecule has 4 aliphatic rings. The van der Waals surface area contributed by atoms with Crippen molar-refractivity contribution in [3.8, 4) is 56.4 Å². The monoisotopic (exact) mass is 829 g/mol. The van der Waals surface area contributed by atoms with E-state index in [-0.39, 0.29) is 0 Å². The zero-order valence-corrected chi connectivity index (χ0v) is 35.3. The molecule has 1 aliphatic heterocycles. The lowest BCUT2D eigenvalue weighted by Gasteiger charge is -2.34. The number of nitrogens with zero attached hydrogens (tertiary/aromatic N) is 1. The molecule has 65 heavy (non-hydrogen) atoms. The number of hydrogen-bond donors (Lipinski definition) is 0. The molecule has 1 heterocycles. The molecule has 3 heteroatoms. The third kappa shape index (κ3) is 4.79. The average molecular weight is 830 g/mol. The van der Waals surface area contributed by atoms with Gasteiger partial charge >= 0.3 is 0 Å². The number of rotatable bonds is 5. The van der Waals surface area contributed by atoms with E-state index in [0.29, 0.717) is 17.2 Å². The minimum atomic E-state index is -0.478. The summed E-state index contributed by atoms with van der Waals surface area (Å²) in [4.78, 5) is 2.33. The first-order valence-corrected chi connectivity index (χ1v) is 22.4. The Hall–Kier alpha value is -8.40. The van der Waals surface area contributed by atoms with Crippen molar-refractivity contribution in [1.82, 2.24) is 0 Å². The molecule has 0 aromatic heterocycles. The zero-order chi connectivity index (χ0) is 42.7. The van der Waals surface area contributed by atoms with Gasteiger partial charge in [0.1, 0.15) is 0 Å². The number of para-hydroxylation sites is 1. The zero-order valence-electron chi connectivity index (χ0n) is 35.3. The fourth-order valence-corrected chi connectivity index (χ4v) is 11.9. The fourth-order valence-electron chi connectivity index (χ4n) is 11.9. The molecular weight excluding hydrogens is 791 g/mol. The van der Waals surface area contributed by atoms with Gasteiger partial charge in [0.15, 0.2) is 23.0 Å². The second-order valence-electron chi connectivity index (χ2n) is 17.5.